The highest BCUT2D eigenvalue weighted by molar-refractivity contribution is 5.30. The van der Waals surface area contributed by atoms with Crippen LogP contribution in [0.2, 0.25) is 0 Å². The molecule has 22 heavy (non-hydrogen) atoms. The molecule has 1 aromatic heterocycles. The second-order valence-electron chi connectivity index (χ2n) is 6.46. The van der Waals surface area contributed by atoms with Crippen LogP contribution in [0.4, 0.5) is 0 Å². The van der Waals surface area contributed by atoms with Crippen LogP contribution < -0.4 is 0 Å². The predicted octanol–water partition coefficient (Wildman–Crippen LogP) is 2.97. The Morgan fingerprint density at radius 3 is 2.77 bits per heavy atom. The molecule has 0 aliphatic carbocycles. The Morgan fingerprint density at radius 1 is 1.32 bits per heavy atom. The number of hydrogen-bond acceptors (Lipinski definition) is 3. The van der Waals surface area contributed by atoms with Crippen LogP contribution in [0.25, 0.3) is 0 Å². The fourth-order valence-corrected chi connectivity index (χ4v) is 3.30. The Bertz CT molecular complexity index is 601. The van der Waals surface area contributed by atoms with Gasteiger partial charge in [-0.25, -0.2) is 4.98 Å². The van der Waals surface area contributed by atoms with E-state index >= 15 is 0 Å². The topological polar surface area (TPSA) is 52.1 Å². The van der Waals surface area contributed by atoms with E-state index in [4.69, 9.17) is 0 Å². The van der Waals surface area contributed by atoms with Gasteiger partial charge in [0.1, 0.15) is 11.9 Å². The summed E-state index contributed by atoms with van der Waals surface area (Å²) < 4.78 is 0. The molecule has 1 aliphatic heterocycles. The first kappa shape index (κ1) is 15.3. The molecular formula is C18H25N3O. The summed E-state index contributed by atoms with van der Waals surface area (Å²) in [6.07, 6.45) is 5.06. The summed E-state index contributed by atoms with van der Waals surface area (Å²) in [6.45, 7) is 7.42. The molecule has 2 N–H and O–H groups in total. The summed E-state index contributed by atoms with van der Waals surface area (Å²) >= 11 is 0. The Labute approximate surface area is 132 Å². The lowest BCUT2D eigenvalue weighted by Gasteiger charge is -2.34. The van der Waals surface area contributed by atoms with Crippen LogP contribution in [0.5, 0.6) is 0 Å². The number of rotatable bonds is 4. The van der Waals surface area contributed by atoms with E-state index in [1.165, 1.54) is 16.7 Å². The number of piperidine rings is 1. The lowest BCUT2D eigenvalue weighted by molar-refractivity contribution is 0.0514. The molecule has 1 aliphatic rings. The van der Waals surface area contributed by atoms with Crippen molar-refractivity contribution in [3.8, 4) is 0 Å². The van der Waals surface area contributed by atoms with Crippen LogP contribution in [0.15, 0.2) is 30.6 Å². The van der Waals surface area contributed by atoms with Gasteiger partial charge >= 0.3 is 0 Å². The lowest BCUT2D eigenvalue weighted by Crippen LogP contribution is -2.35. The molecule has 1 unspecified atom stereocenters. The number of benzene rings is 1. The van der Waals surface area contributed by atoms with Crippen molar-refractivity contribution in [2.75, 3.05) is 13.1 Å². The molecule has 1 atom stereocenters. The molecule has 118 valence electrons. The van der Waals surface area contributed by atoms with Crippen LogP contribution in [0.1, 0.15) is 41.5 Å². The number of hydrogen-bond donors (Lipinski definition) is 2. The van der Waals surface area contributed by atoms with Crippen molar-refractivity contribution >= 4 is 0 Å². The van der Waals surface area contributed by atoms with Crippen LogP contribution in [0, 0.1) is 19.8 Å². The molecule has 1 aromatic carbocycles. The first-order valence-corrected chi connectivity index (χ1v) is 8.09. The van der Waals surface area contributed by atoms with Gasteiger partial charge < -0.3 is 10.1 Å². The molecule has 1 saturated heterocycles. The van der Waals surface area contributed by atoms with Gasteiger partial charge in [-0.2, -0.15) is 0 Å². The molecule has 0 radical (unpaired) electrons. The van der Waals surface area contributed by atoms with Crippen molar-refractivity contribution < 1.29 is 5.11 Å². The van der Waals surface area contributed by atoms with E-state index in [1.54, 1.807) is 12.4 Å². The number of aromatic amines is 1. The quantitative estimate of drug-likeness (QED) is 0.912. The van der Waals surface area contributed by atoms with Crippen LogP contribution >= 0.6 is 0 Å². The fraction of sp³-hybridized carbons (Fsp3) is 0.500. The normalized spacial score (nSPS) is 18.5. The van der Waals surface area contributed by atoms with Crippen molar-refractivity contribution in [1.82, 2.24) is 14.9 Å². The minimum Gasteiger partial charge on any atom is -0.385 e. The number of H-pyrrole nitrogens is 1. The largest absolute Gasteiger partial charge is 0.385 e. The van der Waals surface area contributed by atoms with E-state index in [0.717, 1.165) is 32.5 Å². The number of likely N-dealkylation sites (tertiary alicyclic amines) is 1. The number of nitrogens with zero attached hydrogens (tertiary/aromatic N) is 2. The van der Waals surface area contributed by atoms with E-state index in [9.17, 15) is 5.11 Å². The molecule has 0 amide bonds. The number of aromatic nitrogens is 2. The first-order chi connectivity index (χ1) is 10.6. The summed E-state index contributed by atoms with van der Waals surface area (Å²) in [6, 6.07) is 6.67. The first-order valence-electron chi connectivity index (χ1n) is 8.09. The summed E-state index contributed by atoms with van der Waals surface area (Å²) in [5.74, 6) is 1.01. The summed E-state index contributed by atoms with van der Waals surface area (Å²) in [7, 11) is 0. The smallest absolute Gasteiger partial charge is 0.135 e. The highest BCUT2D eigenvalue weighted by Crippen LogP contribution is 2.29. The summed E-state index contributed by atoms with van der Waals surface area (Å²) in [5.41, 5.74) is 4.11. The van der Waals surface area contributed by atoms with Gasteiger partial charge in [-0.05, 0) is 56.8 Å². The fourth-order valence-electron chi connectivity index (χ4n) is 3.30. The molecule has 0 spiro atoms. The zero-order valence-corrected chi connectivity index (χ0v) is 13.4. The Balaban J connectivity index is 1.57. The minimum atomic E-state index is -0.460. The van der Waals surface area contributed by atoms with Gasteiger partial charge in [0, 0.05) is 18.9 Å². The Hall–Kier alpha value is -1.65. The van der Waals surface area contributed by atoms with Gasteiger partial charge in [-0.1, -0.05) is 23.8 Å². The van der Waals surface area contributed by atoms with Gasteiger partial charge in [-0.3, -0.25) is 4.90 Å². The third kappa shape index (κ3) is 3.39. The second-order valence-corrected chi connectivity index (χ2v) is 6.46. The molecule has 0 saturated carbocycles. The second kappa shape index (κ2) is 6.63. The van der Waals surface area contributed by atoms with Crippen LogP contribution in [-0.2, 0) is 6.54 Å². The number of aryl methyl sites for hydroxylation is 2. The van der Waals surface area contributed by atoms with Crippen molar-refractivity contribution in [3.63, 3.8) is 0 Å². The minimum absolute atomic E-state index is 0.306. The monoisotopic (exact) mass is 299 g/mol. The van der Waals surface area contributed by atoms with E-state index < -0.39 is 6.10 Å². The lowest BCUT2D eigenvalue weighted by atomic mass is 9.90. The van der Waals surface area contributed by atoms with Crippen LogP contribution in [0.3, 0.4) is 0 Å². The Morgan fingerprint density at radius 2 is 2.09 bits per heavy atom. The number of imidazole rings is 1. The highest BCUT2D eigenvalue weighted by Gasteiger charge is 2.27. The molecule has 4 heteroatoms. The van der Waals surface area contributed by atoms with Crippen molar-refractivity contribution in [3.05, 3.63) is 53.1 Å². The van der Waals surface area contributed by atoms with Crippen molar-refractivity contribution in [1.29, 1.82) is 0 Å². The number of nitrogens with one attached hydrogen (secondary N) is 1. The third-order valence-corrected chi connectivity index (χ3v) is 4.78. The van der Waals surface area contributed by atoms with E-state index in [2.05, 4.69) is 46.9 Å². The van der Waals surface area contributed by atoms with Crippen molar-refractivity contribution in [2.24, 2.45) is 5.92 Å². The predicted molar refractivity (Wildman–Crippen MR) is 87.5 cm³/mol. The molecule has 3 rings (SSSR count). The SMILES string of the molecule is Cc1ccc(C)c(CN2CCC(C(O)c3ncc[nH]3)CC2)c1. The molecule has 2 aromatic rings. The maximum atomic E-state index is 10.4. The van der Waals surface area contributed by atoms with Crippen molar-refractivity contribution in [2.45, 2.75) is 39.3 Å². The number of aliphatic hydroxyl groups excluding tert-OH is 1. The van der Waals surface area contributed by atoms with Gasteiger partial charge in [-0.15, -0.1) is 0 Å². The number of aliphatic hydroxyl groups is 1. The van der Waals surface area contributed by atoms with Gasteiger partial charge in [0.2, 0.25) is 0 Å². The molecule has 4 nitrogen and oxygen atoms in total. The van der Waals surface area contributed by atoms with Crippen LogP contribution in [-0.4, -0.2) is 33.1 Å². The zero-order chi connectivity index (χ0) is 15.5. The van der Waals surface area contributed by atoms with Gasteiger partial charge in [0.05, 0.1) is 0 Å². The van der Waals surface area contributed by atoms with E-state index in [0.29, 0.717) is 11.7 Å². The summed E-state index contributed by atoms with van der Waals surface area (Å²) in [4.78, 5) is 9.70. The standard InChI is InChI=1S/C18H25N3O/c1-13-3-4-14(2)16(11-13)12-21-9-5-15(6-10-21)17(22)18-19-7-8-20-18/h3-4,7-8,11,15,17,22H,5-6,9-10,12H2,1-2H3,(H,19,20). The molecule has 2 heterocycles. The average molecular weight is 299 g/mol. The molecule has 1 fully saturated rings. The maximum Gasteiger partial charge on any atom is 0.135 e. The highest BCUT2D eigenvalue weighted by atomic mass is 16.3. The van der Waals surface area contributed by atoms with E-state index in [-0.39, 0.29) is 0 Å². The van der Waals surface area contributed by atoms with Gasteiger partial charge in [0.15, 0.2) is 0 Å². The zero-order valence-electron chi connectivity index (χ0n) is 13.4. The van der Waals surface area contributed by atoms with E-state index in [1.807, 2.05) is 0 Å². The third-order valence-electron chi connectivity index (χ3n) is 4.78. The average Bonchev–Trinajstić information content (AvgIpc) is 3.05. The summed E-state index contributed by atoms with van der Waals surface area (Å²) in [5, 5.41) is 10.4. The molecule has 0 bridgehead atoms. The van der Waals surface area contributed by atoms with Gasteiger partial charge in [0.25, 0.3) is 0 Å². The molecular weight excluding hydrogens is 274 g/mol. The Kier molecular flexibility index (Phi) is 4.60. The maximum absolute atomic E-state index is 10.4.